The molecule has 98 heavy (non-hydrogen) atoms. The molecule has 458 valence electrons. The Morgan fingerprint density at radius 3 is 0.837 bits per heavy atom. The van der Waals surface area contributed by atoms with Crippen LogP contribution in [-0.4, -0.2) is 49.0 Å². The van der Waals surface area contributed by atoms with Crippen LogP contribution in [-0.2, 0) is 0 Å². The van der Waals surface area contributed by atoms with Gasteiger partial charge in [-0.1, -0.05) is 261 Å². The molecule has 0 aliphatic heterocycles. The number of aromatic nitrogens is 10. The molecule has 0 radical (unpaired) electrons. The molecule has 0 bridgehead atoms. The molecular formula is C88H56N10. The second kappa shape index (κ2) is 24.5. The Morgan fingerprint density at radius 2 is 0.449 bits per heavy atom. The summed E-state index contributed by atoms with van der Waals surface area (Å²) in [6.45, 7) is 0. The van der Waals surface area contributed by atoms with E-state index < -0.39 is 0 Å². The highest BCUT2D eigenvalue weighted by Gasteiger charge is 2.28. The summed E-state index contributed by atoms with van der Waals surface area (Å²) in [4.78, 5) is 43.5. The second-order valence-corrected chi connectivity index (χ2v) is 24.3. The van der Waals surface area contributed by atoms with E-state index in [-0.39, 0.29) is 0 Å². The van der Waals surface area contributed by atoms with Gasteiger partial charge in [0.25, 0.3) is 0 Å². The second-order valence-electron chi connectivity index (χ2n) is 24.3. The van der Waals surface area contributed by atoms with Crippen LogP contribution in [0.5, 0.6) is 0 Å². The molecule has 0 aliphatic rings. The van der Waals surface area contributed by atoms with Crippen LogP contribution < -0.4 is 0 Å². The van der Waals surface area contributed by atoms with Crippen LogP contribution in [0.25, 0.3) is 179 Å². The molecule has 0 saturated heterocycles. The number of hydrogen-bond donors (Lipinski definition) is 0. The van der Waals surface area contributed by atoms with E-state index >= 15 is 0 Å². The fraction of sp³-hybridized carbons (Fsp3) is 0. The van der Waals surface area contributed by atoms with E-state index in [1.54, 1.807) is 0 Å². The molecule has 10 nitrogen and oxygen atoms in total. The van der Waals surface area contributed by atoms with Gasteiger partial charge in [0.2, 0.25) is 0 Å². The molecule has 0 spiro atoms. The Labute approximate surface area is 564 Å². The summed E-state index contributed by atoms with van der Waals surface area (Å²) >= 11 is 0. The maximum absolute atomic E-state index is 5.59. The van der Waals surface area contributed by atoms with Crippen molar-refractivity contribution in [1.29, 1.82) is 0 Å². The largest absolute Gasteiger partial charge is 0.308 e. The number of nitrogens with zero attached hydrogens (tertiary/aromatic N) is 10. The van der Waals surface area contributed by atoms with E-state index in [1.165, 1.54) is 0 Å². The highest BCUT2D eigenvalue weighted by atomic mass is 15.1. The Hall–Kier alpha value is -13.4. The van der Waals surface area contributed by atoms with E-state index in [0.717, 1.165) is 139 Å². The van der Waals surface area contributed by atoms with Crippen LogP contribution in [0.3, 0.4) is 0 Å². The van der Waals surface area contributed by atoms with Crippen molar-refractivity contribution in [2.24, 2.45) is 0 Å². The third kappa shape index (κ3) is 10.5. The van der Waals surface area contributed by atoms with Crippen molar-refractivity contribution in [3.05, 3.63) is 340 Å². The number of para-hydroxylation sites is 1. The fourth-order valence-electron chi connectivity index (χ4n) is 13.5. The maximum Gasteiger partial charge on any atom is 0.166 e. The van der Waals surface area contributed by atoms with Crippen molar-refractivity contribution in [3.63, 3.8) is 0 Å². The van der Waals surface area contributed by atoms with Crippen molar-refractivity contribution in [2.45, 2.75) is 0 Å². The van der Waals surface area contributed by atoms with Crippen LogP contribution in [0.4, 0.5) is 0 Å². The highest BCUT2D eigenvalue weighted by Crippen LogP contribution is 2.46. The Kier molecular flexibility index (Phi) is 14.3. The summed E-state index contributed by atoms with van der Waals surface area (Å²) in [6.07, 6.45) is 0. The average molecular weight is 1250 g/mol. The summed E-state index contributed by atoms with van der Waals surface area (Å²) in [7, 11) is 0. The van der Waals surface area contributed by atoms with Gasteiger partial charge in [0.05, 0.1) is 56.2 Å². The lowest BCUT2D eigenvalue weighted by Gasteiger charge is -2.21. The number of fused-ring (bicyclic) bond motifs is 6. The molecule has 0 saturated carbocycles. The van der Waals surface area contributed by atoms with E-state index in [2.05, 4.69) is 215 Å². The summed E-state index contributed by atoms with van der Waals surface area (Å²) in [6, 6.07) is 118. The van der Waals surface area contributed by atoms with Crippen molar-refractivity contribution in [2.75, 3.05) is 0 Å². The van der Waals surface area contributed by atoms with E-state index in [0.29, 0.717) is 40.5 Å². The van der Waals surface area contributed by atoms with Gasteiger partial charge < -0.3 is 9.13 Å². The fourth-order valence-corrected chi connectivity index (χ4v) is 13.5. The topological polar surface area (TPSA) is 113 Å². The lowest BCUT2D eigenvalue weighted by molar-refractivity contribution is 1.05. The standard InChI is InChI=1S/C88H56N10/c1-8-26-57(27-9-1)64-46-49-78-68(52-64)67-40-22-23-45-77(67)97(78)81-56-82(98-79-50-47-65(75-43-24-41-73(89-75)58-28-10-2-11-29-58)53-69(79)70-54-66(48-51-80(70)98)76-44-25-42-74(90-76)59-30-12-3-13-31-59)72(88-95-85(62-36-18-6-19-37-62)92-86(96-88)63-38-20-7-21-39-63)55-71(81)87-93-83(60-32-14-4-15-33-60)91-84(94-87)61-34-16-5-17-35-61/h1-56H. The first-order valence-corrected chi connectivity index (χ1v) is 32.7. The lowest BCUT2D eigenvalue weighted by Crippen LogP contribution is -2.08. The predicted octanol–water partition coefficient (Wildman–Crippen LogP) is 21.4. The molecule has 6 aromatic heterocycles. The van der Waals surface area contributed by atoms with Crippen LogP contribution >= 0.6 is 0 Å². The molecule has 0 N–H and O–H groups in total. The maximum atomic E-state index is 5.59. The quantitative estimate of drug-likeness (QED) is 0.112. The van der Waals surface area contributed by atoms with Gasteiger partial charge in [-0.25, -0.2) is 39.9 Å². The van der Waals surface area contributed by atoms with Gasteiger partial charge in [-0.2, -0.15) is 0 Å². The molecule has 18 aromatic rings. The smallest absolute Gasteiger partial charge is 0.166 e. The normalized spacial score (nSPS) is 11.5. The molecule has 0 amide bonds. The molecule has 0 fully saturated rings. The molecule has 6 heterocycles. The zero-order chi connectivity index (χ0) is 64.9. The number of rotatable bonds is 13. The minimum absolute atomic E-state index is 0.447. The summed E-state index contributed by atoms with van der Waals surface area (Å²) < 4.78 is 4.77. The molecule has 10 heteroatoms. The van der Waals surface area contributed by atoms with Gasteiger partial charge in [-0.05, 0) is 90.0 Å². The minimum Gasteiger partial charge on any atom is -0.308 e. The van der Waals surface area contributed by atoms with Crippen LogP contribution in [0.2, 0.25) is 0 Å². The summed E-state index contributed by atoms with van der Waals surface area (Å²) in [5.41, 5.74) is 20.1. The zero-order valence-electron chi connectivity index (χ0n) is 52.8. The molecule has 0 atom stereocenters. The Morgan fingerprint density at radius 1 is 0.163 bits per heavy atom. The number of hydrogen-bond acceptors (Lipinski definition) is 8. The van der Waals surface area contributed by atoms with Crippen molar-refractivity contribution >= 4 is 43.6 Å². The van der Waals surface area contributed by atoms with Gasteiger partial charge in [0.1, 0.15) is 0 Å². The van der Waals surface area contributed by atoms with E-state index in [9.17, 15) is 0 Å². The third-order valence-corrected chi connectivity index (χ3v) is 18.3. The van der Waals surface area contributed by atoms with Crippen LogP contribution in [0, 0.1) is 0 Å². The first-order valence-electron chi connectivity index (χ1n) is 32.7. The van der Waals surface area contributed by atoms with Crippen molar-refractivity contribution in [1.82, 2.24) is 49.0 Å². The van der Waals surface area contributed by atoms with Gasteiger partial charge in [0, 0.05) is 77.2 Å². The SMILES string of the molecule is c1ccc(-c2ccc3c(c2)c2ccccc2n3-c2cc(-n3c4ccc(-c5cccc(-c6ccccc6)n5)cc4c4cc(-c5cccc(-c6ccccc6)n5)ccc43)c(-c3nc(-c4ccccc4)nc(-c4ccccc4)n3)cc2-c2nc(-c3ccccc3)nc(-c3ccccc3)n2)cc1. The minimum atomic E-state index is 0.447. The monoisotopic (exact) mass is 1250 g/mol. The first-order chi connectivity index (χ1) is 48.6. The molecular weight excluding hydrogens is 1200 g/mol. The van der Waals surface area contributed by atoms with Gasteiger partial charge >= 0.3 is 0 Å². The highest BCUT2D eigenvalue weighted by molar-refractivity contribution is 6.14. The number of benzene rings is 12. The third-order valence-electron chi connectivity index (χ3n) is 18.3. The van der Waals surface area contributed by atoms with Gasteiger partial charge in [-0.15, -0.1) is 0 Å². The average Bonchev–Trinajstić information content (AvgIpc) is 1.52. The van der Waals surface area contributed by atoms with E-state index in [1.807, 2.05) is 133 Å². The summed E-state index contributed by atoms with van der Waals surface area (Å²) in [5, 5.41) is 4.20. The molecule has 0 aliphatic carbocycles. The predicted molar refractivity (Wildman–Crippen MR) is 397 cm³/mol. The molecule has 18 rings (SSSR count). The number of pyridine rings is 2. The summed E-state index contributed by atoms with van der Waals surface area (Å²) in [5.74, 6) is 3.00. The first kappa shape index (κ1) is 57.2. The van der Waals surface area contributed by atoms with Gasteiger partial charge in [-0.3, -0.25) is 0 Å². The lowest BCUT2D eigenvalue weighted by atomic mass is 10.0. The van der Waals surface area contributed by atoms with Gasteiger partial charge in [0.15, 0.2) is 34.9 Å². The Balaban J connectivity index is 0.985. The molecule has 12 aromatic carbocycles. The molecule has 0 unspecified atom stereocenters. The van der Waals surface area contributed by atoms with E-state index in [4.69, 9.17) is 39.9 Å². The van der Waals surface area contributed by atoms with Crippen molar-refractivity contribution in [3.8, 4) is 136 Å². The van der Waals surface area contributed by atoms with Crippen LogP contribution in [0.15, 0.2) is 340 Å². The van der Waals surface area contributed by atoms with Crippen LogP contribution in [0.1, 0.15) is 0 Å². The van der Waals surface area contributed by atoms with Crippen molar-refractivity contribution < 1.29 is 0 Å². The Bertz CT molecular complexity index is 5770. The zero-order valence-corrected chi connectivity index (χ0v) is 52.8.